The summed E-state index contributed by atoms with van der Waals surface area (Å²) < 4.78 is 5.49. The van der Waals surface area contributed by atoms with E-state index in [4.69, 9.17) is 10.5 Å². The van der Waals surface area contributed by atoms with E-state index in [1.165, 1.54) is 19.3 Å². The second-order valence-corrected chi connectivity index (χ2v) is 4.66. The van der Waals surface area contributed by atoms with Gasteiger partial charge in [-0.15, -0.1) is 0 Å². The van der Waals surface area contributed by atoms with Gasteiger partial charge in [0.15, 0.2) is 0 Å². The smallest absolute Gasteiger partial charge is 0.307 e. The standard InChI is InChI=1S/C12H23NO2/c1-3-10-6-4-5-7-11(10)15-12(14)8-9(2)13/h9-11H,3-8,13H2,1-2H3. The predicted octanol–water partition coefficient (Wildman–Crippen LogP) is 2.24. The minimum absolute atomic E-state index is 0.0961. The molecular weight excluding hydrogens is 190 g/mol. The molecule has 0 aromatic heterocycles. The van der Waals surface area contributed by atoms with Crippen LogP contribution in [0.3, 0.4) is 0 Å². The number of ether oxygens (including phenoxy) is 1. The lowest BCUT2D eigenvalue weighted by Crippen LogP contribution is -2.31. The summed E-state index contributed by atoms with van der Waals surface area (Å²) in [5.74, 6) is 0.436. The second-order valence-electron chi connectivity index (χ2n) is 4.66. The fourth-order valence-electron chi connectivity index (χ4n) is 2.28. The maximum atomic E-state index is 11.5. The zero-order valence-corrected chi connectivity index (χ0v) is 9.87. The molecule has 88 valence electrons. The molecule has 1 saturated carbocycles. The first kappa shape index (κ1) is 12.5. The number of hydrogen-bond donors (Lipinski definition) is 1. The molecule has 0 saturated heterocycles. The molecule has 3 atom stereocenters. The van der Waals surface area contributed by atoms with Crippen molar-refractivity contribution >= 4 is 5.97 Å². The molecule has 1 rings (SSSR count). The summed E-state index contributed by atoms with van der Waals surface area (Å²) in [5.41, 5.74) is 5.56. The van der Waals surface area contributed by atoms with Crippen LogP contribution in [-0.2, 0) is 9.53 Å². The van der Waals surface area contributed by atoms with Crippen molar-refractivity contribution in [1.29, 1.82) is 0 Å². The van der Waals surface area contributed by atoms with Gasteiger partial charge in [-0.05, 0) is 38.5 Å². The van der Waals surface area contributed by atoms with Crippen LogP contribution >= 0.6 is 0 Å². The van der Waals surface area contributed by atoms with Gasteiger partial charge in [-0.3, -0.25) is 4.79 Å². The Bertz CT molecular complexity index is 204. The Morgan fingerprint density at radius 1 is 1.47 bits per heavy atom. The lowest BCUT2D eigenvalue weighted by molar-refractivity contribution is -0.154. The van der Waals surface area contributed by atoms with Crippen LogP contribution in [0, 0.1) is 5.92 Å². The lowest BCUT2D eigenvalue weighted by atomic mass is 9.85. The number of nitrogens with two attached hydrogens (primary N) is 1. The van der Waals surface area contributed by atoms with Crippen LogP contribution in [0.4, 0.5) is 0 Å². The molecule has 0 aromatic rings. The molecule has 3 heteroatoms. The van der Waals surface area contributed by atoms with E-state index in [1.54, 1.807) is 0 Å². The van der Waals surface area contributed by atoms with E-state index in [2.05, 4.69) is 6.92 Å². The molecule has 0 spiro atoms. The highest BCUT2D eigenvalue weighted by molar-refractivity contribution is 5.70. The zero-order valence-electron chi connectivity index (χ0n) is 9.87. The van der Waals surface area contributed by atoms with Crippen molar-refractivity contribution in [2.24, 2.45) is 11.7 Å². The van der Waals surface area contributed by atoms with Gasteiger partial charge in [0, 0.05) is 6.04 Å². The molecule has 0 amide bonds. The van der Waals surface area contributed by atoms with Crippen molar-refractivity contribution in [2.75, 3.05) is 0 Å². The van der Waals surface area contributed by atoms with E-state index in [-0.39, 0.29) is 18.1 Å². The van der Waals surface area contributed by atoms with Crippen LogP contribution in [0.25, 0.3) is 0 Å². The van der Waals surface area contributed by atoms with Gasteiger partial charge < -0.3 is 10.5 Å². The average molecular weight is 213 g/mol. The third-order valence-electron chi connectivity index (χ3n) is 3.14. The lowest BCUT2D eigenvalue weighted by Gasteiger charge is -2.30. The van der Waals surface area contributed by atoms with Crippen LogP contribution in [0.1, 0.15) is 52.4 Å². The highest BCUT2D eigenvalue weighted by Crippen LogP contribution is 2.29. The fraction of sp³-hybridized carbons (Fsp3) is 0.917. The monoisotopic (exact) mass is 213 g/mol. The first-order valence-electron chi connectivity index (χ1n) is 6.08. The van der Waals surface area contributed by atoms with Gasteiger partial charge in [0.25, 0.3) is 0 Å². The zero-order chi connectivity index (χ0) is 11.3. The summed E-state index contributed by atoms with van der Waals surface area (Å²) in [6, 6.07) is -0.0961. The number of esters is 1. The quantitative estimate of drug-likeness (QED) is 0.729. The van der Waals surface area contributed by atoms with Gasteiger partial charge >= 0.3 is 5.97 Å². The van der Waals surface area contributed by atoms with Gasteiger partial charge in [0.05, 0.1) is 6.42 Å². The van der Waals surface area contributed by atoms with Gasteiger partial charge in [0.1, 0.15) is 6.10 Å². The molecule has 0 aromatic carbocycles. The van der Waals surface area contributed by atoms with Crippen molar-refractivity contribution in [3.8, 4) is 0 Å². The molecular formula is C12H23NO2. The molecule has 1 fully saturated rings. The van der Waals surface area contributed by atoms with Gasteiger partial charge in [-0.1, -0.05) is 13.3 Å². The van der Waals surface area contributed by atoms with Crippen LogP contribution in [0.15, 0.2) is 0 Å². The normalized spacial score (nSPS) is 28.5. The average Bonchev–Trinajstić information content (AvgIpc) is 2.17. The molecule has 3 unspecified atom stereocenters. The predicted molar refractivity (Wildman–Crippen MR) is 60.4 cm³/mol. The van der Waals surface area contributed by atoms with Gasteiger partial charge in [-0.25, -0.2) is 0 Å². The first-order chi connectivity index (χ1) is 7.13. The van der Waals surface area contributed by atoms with Crippen molar-refractivity contribution in [3.63, 3.8) is 0 Å². The SMILES string of the molecule is CCC1CCCCC1OC(=O)CC(C)N. The summed E-state index contributed by atoms with van der Waals surface area (Å²) in [6.07, 6.45) is 6.29. The highest BCUT2D eigenvalue weighted by Gasteiger charge is 2.26. The first-order valence-corrected chi connectivity index (χ1v) is 6.08. The molecule has 3 nitrogen and oxygen atoms in total. The number of hydrogen-bond acceptors (Lipinski definition) is 3. The second kappa shape index (κ2) is 6.11. The van der Waals surface area contributed by atoms with Crippen LogP contribution in [0.2, 0.25) is 0 Å². The Hall–Kier alpha value is -0.570. The third-order valence-corrected chi connectivity index (χ3v) is 3.14. The van der Waals surface area contributed by atoms with E-state index in [0.29, 0.717) is 12.3 Å². The molecule has 1 aliphatic rings. The minimum atomic E-state index is -0.129. The van der Waals surface area contributed by atoms with E-state index >= 15 is 0 Å². The highest BCUT2D eigenvalue weighted by atomic mass is 16.5. The summed E-state index contributed by atoms with van der Waals surface area (Å²) in [5, 5.41) is 0. The molecule has 0 bridgehead atoms. The topological polar surface area (TPSA) is 52.3 Å². The molecule has 0 radical (unpaired) electrons. The van der Waals surface area contributed by atoms with Crippen LogP contribution in [-0.4, -0.2) is 18.1 Å². The summed E-state index contributed by atoms with van der Waals surface area (Å²) >= 11 is 0. The van der Waals surface area contributed by atoms with Crippen molar-refractivity contribution < 1.29 is 9.53 Å². The summed E-state index contributed by atoms with van der Waals surface area (Å²) in [4.78, 5) is 11.5. The van der Waals surface area contributed by atoms with Gasteiger partial charge in [0.2, 0.25) is 0 Å². The largest absolute Gasteiger partial charge is 0.462 e. The fourth-order valence-corrected chi connectivity index (χ4v) is 2.28. The summed E-state index contributed by atoms with van der Waals surface area (Å²) in [6.45, 7) is 4.00. The maximum absolute atomic E-state index is 11.5. The Kier molecular flexibility index (Phi) is 5.09. The maximum Gasteiger partial charge on any atom is 0.307 e. The minimum Gasteiger partial charge on any atom is -0.462 e. The molecule has 15 heavy (non-hydrogen) atoms. The van der Waals surface area contributed by atoms with E-state index in [0.717, 1.165) is 12.8 Å². The van der Waals surface area contributed by atoms with Crippen LogP contribution in [0.5, 0.6) is 0 Å². The Labute approximate surface area is 92.4 Å². The molecule has 2 N–H and O–H groups in total. The number of carbonyl (C=O) groups excluding carboxylic acids is 1. The van der Waals surface area contributed by atoms with E-state index in [9.17, 15) is 4.79 Å². The third kappa shape index (κ3) is 4.20. The molecule has 0 aliphatic heterocycles. The Balaban J connectivity index is 2.37. The summed E-state index contributed by atoms with van der Waals surface area (Å²) in [7, 11) is 0. The van der Waals surface area contributed by atoms with Crippen molar-refractivity contribution in [1.82, 2.24) is 0 Å². The van der Waals surface area contributed by atoms with E-state index < -0.39 is 0 Å². The van der Waals surface area contributed by atoms with Gasteiger partial charge in [-0.2, -0.15) is 0 Å². The van der Waals surface area contributed by atoms with E-state index in [1.807, 2.05) is 6.92 Å². The Morgan fingerprint density at radius 2 is 2.13 bits per heavy atom. The molecule has 1 aliphatic carbocycles. The van der Waals surface area contributed by atoms with Crippen molar-refractivity contribution in [3.05, 3.63) is 0 Å². The van der Waals surface area contributed by atoms with Crippen LogP contribution < -0.4 is 5.73 Å². The Morgan fingerprint density at radius 3 is 2.73 bits per heavy atom. The number of carbonyl (C=O) groups is 1. The van der Waals surface area contributed by atoms with Crippen molar-refractivity contribution in [2.45, 2.75) is 64.5 Å². The molecule has 0 heterocycles. The number of rotatable bonds is 4.